The largest absolute Gasteiger partial charge is 0.497 e. The highest BCUT2D eigenvalue weighted by atomic mass is 32.1. The van der Waals surface area contributed by atoms with Gasteiger partial charge in [-0.2, -0.15) is 4.37 Å². The molecule has 3 amide bonds. The first-order valence-electron chi connectivity index (χ1n) is 10.8. The fraction of sp³-hybridized carbons (Fsp3) is 0.208. The van der Waals surface area contributed by atoms with Crippen molar-refractivity contribution >= 4 is 46.6 Å². The van der Waals surface area contributed by atoms with E-state index in [-0.39, 0.29) is 22.9 Å². The molecule has 36 heavy (non-hydrogen) atoms. The summed E-state index contributed by atoms with van der Waals surface area (Å²) in [5.41, 5.74) is 11.7. The van der Waals surface area contributed by atoms with Gasteiger partial charge in [0, 0.05) is 5.69 Å². The summed E-state index contributed by atoms with van der Waals surface area (Å²) in [5.74, 6) is -2.30. The average Bonchev–Trinajstić information content (AvgIpc) is 3.27. The minimum Gasteiger partial charge on any atom is -0.497 e. The van der Waals surface area contributed by atoms with Crippen LogP contribution in [0.15, 0.2) is 54.6 Å². The van der Waals surface area contributed by atoms with E-state index in [4.69, 9.17) is 20.9 Å². The van der Waals surface area contributed by atoms with E-state index in [0.717, 1.165) is 0 Å². The Bertz CT molecular complexity index is 1250. The van der Waals surface area contributed by atoms with Gasteiger partial charge in [0.15, 0.2) is 5.69 Å². The van der Waals surface area contributed by atoms with Gasteiger partial charge in [0.1, 0.15) is 23.2 Å². The van der Waals surface area contributed by atoms with Crippen LogP contribution in [0, 0.1) is 0 Å². The monoisotopic (exact) mass is 511 g/mol. The summed E-state index contributed by atoms with van der Waals surface area (Å²) in [6, 6.07) is 13.7. The maximum absolute atomic E-state index is 13.9. The number of ether oxygens (including phenoxy) is 2. The Morgan fingerprint density at radius 2 is 1.75 bits per heavy atom. The molecule has 0 aliphatic carbocycles. The number of nitrogens with zero attached hydrogens (tertiary/aromatic N) is 2. The van der Waals surface area contributed by atoms with E-state index < -0.39 is 36.3 Å². The number of esters is 1. The van der Waals surface area contributed by atoms with Crippen LogP contribution < -0.4 is 26.4 Å². The Morgan fingerprint density at radius 3 is 2.31 bits per heavy atom. The molecule has 0 aliphatic rings. The molecule has 11 nitrogen and oxygen atoms in total. The number of amides is 3. The fourth-order valence-electron chi connectivity index (χ4n) is 3.38. The van der Waals surface area contributed by atoms with Gasteiger partial charge in [0.2, 0.25) is 5.91 Å². The summed E-state index contributed by atoms with van der Waals surface area (Å²) in [6.45, 7) is 1.40. The number of para-hydroxylation sites is 1. The average molecular weight is 512 g/mol. The molecule has 0 saturated heterocycles. The number of carbonyl (C=O) groups is 4. The second kappa shape index (κ2) is 11.8. The number of hydrogen-bond acceptors (Lipinski definition) is 9. The van der Waals surface area contributed by atoms with Crippen LogP contribution in [-0.4, -0.2) is 48.3 Å². The maximum atomic E-state index is 13.9. The van der Waals surface area contributed by atoms with Gasteiger partial charge in [0.05, 0.1) is 19.4 Å². The second-order valence-corrected chi connectivity index (χ2v) is 8.12. The van der Waals surface area contributed by atoms with Crippen molar-refractivity contribution in [3.63, 3.8) is 0 Å². The molecule has 5 N–H and O–H groups in total. The van der Waals surface area contributed by atoms with Crippen LogP contribution in [0.1, 0.15) is 38.7 Å². The smallest absolute Gasteiger partial charge is 0.325 e. The first-order valence-corrected chi connectivity index (χ1v) is 11.6. The Morgan fingerprint density at radius 1 is 1.08 bits per heavy atom. The first-order chi connectivity index (χ1) is 17.3. The van der Waals surface area contributed by atoms with Crippen LogP contribution in [0.4, 0.5) is 11.4 Å². The van der Waals surface area contributed by atoms with E-state index in [1.165, 1.54) is 12.0 Å². The summed E-state index contributed by atoms with van der Waals surface area (Å²) >= 11 is 0.698. The zero-order valence-electron chi connectivity index (χ0n) is 19.6. The zero-order valence-corrected chi connectivity index (χ0v) is 20.4. The lowest BCUT2D eigenvalue weighted by Crippen LogP contribution is -2.45. The SMILES string of the molecule is CCOC(=O)CNC(=O)[C@H](c1ccc(OC)cc1)N(C(=O)c1snc(C(N)=O)c1N)c1ccccc1. The molecule has 3 aromatic rings. The predicted octanol–water partition coefficient (Wildman–Crippen LogP) is 1.90. The zero-order chi connectivity index (χ0) is 26.2. The van der Waals surface area contributed by atoms with Crippen LogP contribution in [0.25, 0.3) is 0 Å². The quantitative estimate of drug-likeness (QED) is 0.347. The fourth-order valence-corrected chi connectivity index (χ4v) is 4.12. The third kappa shape index (κ3) is 5.78. The molecule has 0 saturated carbocycles. The number of nitrogens with two attached hydrogens (primary N) is 2. The van der Waals surface area contributed by atoms with Gasteiger partial charge in [-0.05, 0) is 48.3 Å². The number of primary amides is 1. The maximum Gasteiger partial charge on any atom is 0.325 e. The molecule has 0 spiro atoms. The number of benzene rings is 2. The van der Waals surface area contributed by atoms with Gasteiger partial charge in [-0.3, -0.25) is 24.1 Å². The molecule has 3 rings (SSSR count). The normalized spacial score (nSPS) is 11.3. The topological polar surface area (TPSA) is 167 Å². The Balaban J connectivity index is 2.12. The molecule has 0 unspecified atom stereocenters. The van der Waals surface area contributed by atoms with E-state index in [0.29, 0.717) is 28.5 Å². The number of anilines is 2. The van der Waals surface area contributed by atoms with Gasteiger partial charge < -0.3 is 26.3 Å². The Kier molecular flexibility index (Phi) is 8.57. The standard InChI is InChI=1S/C24H25N5O6S/c1-3-35-17(30)13-27-23(32)20(14-9-11-16(34-2)12-10-14)29(15-7-5-4-6-8-15)24(33)21-18(25)19(22(26)31)28-36-21/h4-12,20H,3,13,25H2,1-2H3,(H2,26,31)(H,27,32)/t20-/m0/s1. The summed E-state index contributed by atoms with van der Waals surface area (Å²) in [6.07, 6.45) is 0. The lowest BCUT2D eigenvalue weighted by Gasteiger charge is -2.31. The van der Waals surface area contributed by atoms with Gasteiger partial charge >= 0.3 is 5.97 Å². The van der Waals surface area contributed by atoms with Gasteiger partial charge in [-0.1, -0.05) is 30.3 Å². The molecule has 2 aromatic carbocycles. The Labute approximate surface area is 211 Å². The number of carbonyl (C=O) groups excluding carboxylic acids is 4. The number of hydrogen-bond donors (Lipinski definition) is 3. The van der Waals surface area contributed by atoms with Gasteiger partial charge in [0.25, 0.3) is 11.8 Å². The van der Waals surface area contributed by atoms with E-state index >= 15 is 0 Å². The van der Waals surface area contributed by atoms with Gasteiger partial charge in [-0.15, -0.1) is 0 Å². The van der Waals surface area contributed by atoms with Crippen molar-refractivity contribution in [1.29, 1.82) is 0 Å². The van der Waals surface area contributed by atoms with E-state index in [2.05, 4.69) is 9.69 Å². The van der Waals surface area contributed by atoms with Crippen molar-refractivity contribution in [2.75, 3.05) is 30.9 Å². The van der Waals surface area contributed by atoms with Gasteiger partial charge in [-0.25, -0.2) is 0 Å². The highest BCUT2D eigenvalue weighted by Crippen LogP contribution is 2.33. The third-order valence-electron chi connectivity index (χ3n) is 5.06. The van der Waals surface area contributed by atoms with Crippen LogP contribution >= 0.6 is 11.5 Å². The molecular weight excluding hydrogens is 486 g/mol. The van der Waals surface area contributed by atoms with Crippen molar-refractivity contribution in [2.24, 2.45) is 5.73 Å². The predicted molar refractivity (Wildman–Crippen MR) is 134 cm³/mol. The van der Waals surface area contributed by atoms with Crippen molar-refractivity contribution < 1.29 is 28.7 Å². The molecule has 0 aliphatic heterocycles. The van der Waals surface area contributed by atoms with E-state index in [1.807, 2.05) is 0 Å². The molecule has 1 aromatic heterocycles. The molecular formula is C24H25N5O6S. The summed E-state index contributed by atoms with van der Waals surface area (Å²) in [7, 11) is 1.50. The number of aromatic nitrogens is 1. The highest BCUT2D eigenvalue weighted by Gasteiger charge is 2.36. The van der Waals surface area contributed by atoms with Crippen LogP contribution in [0.3, 0.4) is 0 Å². The first kappa shape index (κ1) is 26.2. The molecule has 1 heterocycles. The number of nitrogens with one attached hydrogen (secondary N) is 1. The molecule has 0 radical (unpaired) electrons. The minimum atomic E-state index is -1.24. The van der Waals surface area contributed by atoms with Crippen molar-refractivity contribution in [3.05, 3.63) is 70.7 Å². The second-order valence-electron chi connectivity index (χ2n) is 7.35. The van der Waals surface area contributed by atoms with Crippen molar-refractivity contribution in [2.45, 2.75) is 13.0 Å². The number of methoxy groups -OCH3 is 1. The van der Waals surface area contributed by atoms with Crippen LogP contribution in [0.5, 0.6) is 5.75 Å². The third-order valence-corrected chi connectivity index (χ3v) is 5.91. The van der Waals surface area contributed by atoms with E-state index in [1.54, 1.807) is 61.5 Å². The molecule has 188 valence electrons. The summed E-state index contributed by atoms with van der Waals surface area (Å²) < 4.78 is 14.0. The van der Waals surface area contributed by atoms with Crippen LogP contribution in [0.2, 0.25) is 0 Å². The number of rotatable bonds is 10. The minimum absolute atomic E-state index is 0.0654. The lowest BCUT2D eigenvalue weighted by molar-refractivity contribution is -0.143. The molecule has 1 atom stereocenters. The molecule has 0 bridgehead atoms. The summed E-state index contributed by atoms with van der Waals surface area (Å²) in [4.78, 5) is 52.1. The molecule has 12 heteroatoms. The van der Waals surface area contributed by atoms with Crippen molar-refractivity contribution in [3.8, 4) is 5.75 Å². The van der Waals surface area contributed by atoms with Crippen LogP contribution in [-0.2, 0) is 14.3 Å². The highest BCUT2D eigenvalue weighted by molar-refractivity contribution is 7.09. The lowest BCUT2D eigenvalue weighted by atomic mass is 10.0. The van der Waals surface area contributed by atoms with Crippen molar-refractivity contribution in [1.82, 2.24) is 9.69 Å². The number of nitrogen functional groups attached to an aromatic ring is 1. The van der Waals surface area contributed by atoms with E-state index in [9.17, 15) is 19.2 Å². The summed E-state index contributed by atoms with van der Waals surface area (Å²) in [5, 5.41) is 2.53. The Hall–Kier alpha value is -4.45. The molecule has 0 fully saturated rings.